The summed E-state index contributed by atoms with van der Waals surface area (Å²) in [5.41, 5.74) is 32.4. The largest absolute Gasteiger partial charge is 0.146 e. The van der Waals surface area contributed by atoms with E-state index in [9.17, 15) is 0 Å². The Morgan fingerprint density at radius 1 is 0.225 bits per heavy atom. The van der Waals surface area contributed by atoms with Crippen LogP contribution in [0.3, 0.4) is 0 Å². The van der Waals surface area contributed by atoms with Gasteiger partial charge in [0.15, 0.2) is 0 Å². The van der Waals surface area contributed by atoms with Gasteiger partial charge in [0.2, 0.25) is 0 Å². The average Bonchev–Trinajstić information content (AvgIpc) is 3.37. The van der Waals surface area contributed by atoms with E-state index >= 15 is 0 Å². The minimum Gasteiger partial charge on any atom is -0.125 e. The Bertz CT molecular complexity index is 3060. The van der Waals surface area contributed by atoms with E-state index in [4.69, 9.17) is 0 Å². The van der Waals surface area contributed by atoms with Gasteiger partial charge in [-0.1, -0.05) is 263 Å². The molecule has 0 heterocycles. The van der Waals surface area contributed by atoms with Crippen molar-refractivity contribution < 1.29 is 0 Å². The number of benzene rings is 6. The van der Waals surface area contributed by atoms with Crippen molar-refractivity contribution in [2.24, 2.45) is 0 Å². The lowest BCUT2D eigenvalue weighted by Gasteiger charge is -2.38. The fraction of sp³-hybridized carbons (Fsp3) is 0.474. The minimum absolute atomic E-state index is 0.525. The summed E-state index contributed by atoms with van der Waals surface area (Å²) >= 11 is 0. The molecule has 0 aliphatic heterocycles. The zero-order valence-corrected chi connectivity index (χ0v) is 58.2. The summed E-state index contributed by atoms with van der Waals surface area (Å²) in [6.07, 6.45) is 9.50. The summed E-state index contributed by atoms with van der Waals surface area (Å²) in [6.45, 7) is 58.2. The maximum atomic E-state index is 4.19. The molecule has 0 aromatic heterocycles. The standard InChI is InChI=1S/C76H100Si4/c1-49(2)77(50(3)4,51(5)6)41-37-69-65-29-25-26-30-66(65)70(38-42-78(52(7)8,53(9)10)54(11)12)74-46-62-35-36-64-48-76-72(40-44-80(58(19)20,59(21)22)60(23)24)68-32-28-27-31-67(68)71(39-43-79(55(13)14,56(15)16)57(17)18)75(76)47-63(64)34-33-61(62)45-73(69)74/h25-36,45-60H,1-24H3/b34-33-,36-35-,61-33?,62-35?,63-34?,64-36?. The van der Waals surface area contributed by atoms with Crippen LogP contribution in [0.5, 0.6) is 0 Å². The Morgan fingerprint density at radius 2 is 0.375 bits per heavy atom. The van der Waals surface area contributed by atoms with Crippen LogP contribution in [0.2, 0.25) is 66.5 Å². The first-order valence-corrected chi connectivity index (χ1v) is 40.0. The molecule has 0 nitrogen and oxygen atoms in total. The van der Waals surface area contributed by atoms with E-state index in [1.807, 2.05) is 0 Å². The highest BCUT2D eigenvalue weighted by molar-refractivity contribution is 6.92. The molecule has 0 unspecified atom stereocenters. The maximum Gasteiger partial charge on any atom is 0.146 e. The predicted octanol–water partition coefficient (Wildman–Crippen LogP) is 23.2. The highest BCUT2D eigenvalue weighted by atomic mass is 28.3. The second-order valence-corrected chi connectivity index (χ2v) is 50.2. The zero-order chi connectivity index (χ0) is 59.1. The highest BCUT2D eigenvalue weighted by Gasteiger charge is 2.45. The van der Waals surface area contributed by atoms with Gasteiger partial charge in [-0.3, -0.25) is 0 Å². The van der Waals surface area contributed by atoms with Crippen molar-refractivity contribution in [3.05, 3.63) is 117 Å². The van der Waals surface area contributed by atoms with Crippen molar-refractivity contribution in [1.82, 2.24) is 0 Å². The number of fused-ring (bicyclic) bond motifs is 6. The molecule has 6 aromatic rings. The Kier molecular flexibility index (Phi) is 19.1. The third kappa shape index (κ3) is 10.8. The van der Waals surface area contributed by atoms with Crippen LogP contribution in [-0.2, 0) is 0 Å². The third-order valence-electron chi connectivity index (χ3n) is 20.4. The van der Waals surface area contributed by atoms with Gasteiger partial charge in [0, 0.05) is 22.3 Å². The fourth-order valence-electron chi connectivity index (χ4n) is 16.4. The molecule has 0 saturated carbocycles. The lowest BCUT2D eigenvalue weighted by molar-refractivity contribution is 0.838. The molecule has 6 aromatic carbocycles. The van der Waals surface area contributed by atoms with E-state index in [1.165, 1.54) is 65.3 Å². The van der Waals surface area contributed by atoms with Crippen LogP contribution in [-0.4, -0.2) is 32.3 Å². The van der Waals surface area contributed by atoms with Crippen LogP contribution in [0, 0.1) is 45.9 Å². The topological polar surface area (TPSA) is 0 Å². The van der Waals surface area contributed by atoms with Gasteiger partial charge in [-0.2, -0.15) is 0 Å². The maximum absolute atomic E-state index is 4.19. The lowest BCUT2D eigenvalue weighted by atomic mass is 9.87. The summed E-state index contributed by atoms with van der Waals surface area (Å²) in [5, 5.41) is 9.63. The first-order valence-electron chi connectivity index (χ1n) is 31.1. The molecule has 0 fully saturated rings. The van der Waals surface area contributed by atoms with Crippen LogP contribution in [0.15, 0.2) is 72.8 Å². The first-order chi connectivity index (χ1) is 37.6. The molecular weight excluding hydrogens is 1030 g/mol. The molecule has 0 amide bonds. The van der Waals surface area contributed by atoms with Crippen LogP contribution >= 0.6 is 0 Å². The fourth-order valence-corrected chi connectivity index (χ4v) is 37.2. The van der Waals surface area contributed by atoms with Gasteiger partial charge in [-0.15, -0.1) is 22.2 Å². The minimum atomic E-state index is -2.10. The zero-order valence-electron chi connectivity index (χ0n) is 54.2. The van der Waals surface area contributed by atoms with Gasteiger partial charge in [0.1, 0.15) is 32.3 Å². The van der Waals surface area contributed by atoms with Crippen LogP contribution < -0.4 is 0 Å². The third-order valence-corrected chi connectivity index (χ3v) is 45.6. The molecule has 1 aliphatic rings. The second kappa shape index (κ2) is 24.4. The molecule has 0 N–H and O–H groups in total. The van der Waals surface area contributed by atoms with Crippen LogP contribution in [0.1, 0.15) is 211 Å². The molecule has 0 bridgehead atoms. The summed E-state index contributed by atoms with van der Waals surface area (Å²) in [7, 11) is -8.38. The molecule has 80 heavy (non-hydrogen) atoms. The van der Waals surface area contributed by atoms with E-state index in [0.29, 0.717) is 66.5 Å². The van der Waals surface area contributed by atoms with Crippen molar-refractivity contribution in [3.63, 3.8) is 0 Å². The number of hydrogen-bond acceptors (Lipinski definition) is 0. The molecule has 420 valence electrons. The smallest absolute Gasteiger partial charge is 0.125 e. The Morgan fingerprint density at radius 3 is 0.512 bits per heavy atom. The Labute approximate surface area is 492 Å². The molecule has 0 atom stereocenters. The van der Waals surface area contributed by atoms with Gasteiger partial charge >= 0.3 is 0 Å². The summed E-state index contributed by atoms with van der Waals surface area (Å²) in [4.78, 5) is 0. The van der Waals surface area contributed by atoms with E-state index in [0.717, 1.165) is 22.3 Å². The first kappa shape index (κ1) is 62.5. The van der Waals surface area contributed by atoms with Crippen molar-refractivity contribution >= 4 is 99.7 Å². The molecule has 1 aliphatic carbocycles. The van der Waals surface area contributed by atoms with Crippen molar-refractivity contribution in [2.75, 3.05) is 0 Å². The number of hydrogen-bond donors (Lipinski definition) is 0. The van der Waals surface area contributed by atoms with Crippen LogP contribution in [0.4, 0.5) is 0 Å². The SMILES string of the molecule is CC(C)[Si](C#Cc1c2ccccc2c(C#C[Si](C(C)C)(C(C)C)C(C)C)c2cc3c(cc12)/C=C\c1cc2c(C#C[Si](C(C)C)(C(C)C)C(C)C)c4ccccc4c(C#C[Si](C(C)C)(C(C)C)C(C)C)c2cc1/C=C\3)(C(C)C)C(C)C. The summed E-state index contributed by atoms with van der Waals surface area (Å²) in [6, 6.07) is 27.9. The van der Waals surface area contributed by atoms with E-state index < -0.39 is 32.3 Å². The molecule has 0 radical (unpaired) electrons. The summed E-state index contributed by atoms with van der Waals surface area (Å²) < 4.78 is 0. The van der Waals surface area contributed by atoms with Crippen molar-refractivity contribution in [1.29, 1.82) is 0 Å². The normalized spacial score (nSPS) is 14.2. The Hall–Kier alpha value is -5.05. The molecule has 7 rings (SSSR count). The second-order valence-electron chi connectivity index (χ2n) is 27.9. The molecular formula is C76H100Si4. The van der Waals surface area contributed by atoms with E-state index in [1.54, 1.807) is 0 Å². The summed E-state index contributed by atoms with van der Waals surface area (Å²) in [5.74, 6) is 16.2. The van der Waals surface area contributed by atoms with E-state index in [-0.39, 0.29) is 0 Å². The van der Waals surface area contributed by atoms with Gasteiger partial charge in [-0.25, -0.2) is 0 Å². The van der Waals surface area contributed by atoms with Crippen molar-refractivity contribution in [3.8, 4) is 45.9 Å². The molecule has 4 heteroatoms. The van der Waals surface area contributed by atoms with Gasteiger partial charge < -0.3 is 0 Å². The predicted molar refractivity (Wildman–Crippen MR) is 372 cm³/mol. The highest BCUT2D eigenvalue weighted by Crippen LogP contribution is 2.47. The monoisotopic (exact) mass is 1120 g/mol. The molecule has 0 saturated heterocycles. The van der Waals surface area contributed by atoms with Gasteiger partial charge in [0.05, 0.1) is 0 Å². The van der Waals surface area contributed by atoms with Gasteiger partial charge in [0.25, 0.3) is 0 Å². The molecule has 0 spiro atoms. The Balaban J connectivity index is 1.63. The number of rotatable bonds is 12. The van der Waals surface area contributed by atoms with Crippen molar-refractivity contribution in [2.45, 2.75) is 233 Å². The van der Waals surface area contributed by atoms with Gasteiger partial charge in [-0.05, 0) is 156 Å². The quantitative estimate of drug-likeness (QED) is 0.0650. The van der Waals surface area contributed by atoms with E-state index in [2.05, 4.69) is 309 Å². The lowest BCUT2D eigenvalue weighted by Crippen LogP contribution is -2.43. The van der Waals surface area contributed by atoms with Crippen LogP contribution in [0.25, 0.3) is 67.4 Å². The average molecular weight is 1130 g/mol.